The molecule has 0 heterocycles. The van der Waals surface area contributed by atoms with E-state index in [0.717, 1.165) is 18.1 Å². The third-order valence-electron chi connectivity index (χ3n) is 3.41. The lowest BCUT2D eigenvalue weighted by atomic mass is 10.0. The van der Waals surface area contributed by atoms with E-state index in [0.29, 0.717) is 12.0 Å². The van der Waals surface area contributed by atoms with E-state index in [4.69, 9.17) is 4.74 Å². The minimum Gasteiger partial charge on any atom is -0.491 e. The summed E-state index contributed by atoms with van der Waals surface area (Å²) >= 11 is 0. The van der Waals surface area contributed by atoms with Gasteiger partial charge in [-0.15, -0.1) is 0 Å². The molecule has 0 spiro atoms. The summed E-state index contributed by atoms with van der Waals surface area (Å²) in [7, 11) is 0. The van der Waals surface area contributed by atoms with Gasteiger partial charge in [0.2, 0.25) is 5.83 Å². The summed E-state index contributed by atoms with van der Waals surface area (Å²) in [6.45, 7) is 25.2. The first-order valence-electron chi connectivity index (χ1n) is 8.38. The molecule has 0 aliphatic carbocycles. The van der Waals surface area contributed by atoms with Gasteiger partial charge in [-0.2, -0.15) is 4.39 Å². The lowest BCUT2D eigenvalue weighted by Crippen LogP contribution is -1.98. The van der Waals surface area contributed by atoms with Crippen LogP contribution in [0.5, 0.6) is 0 Å². The average Bonchev–Trinajstić information content (AvgIpc) is 2.63. The summed E-state index contributed by atoms with van der Waals surface area (Å²) in [6, 6.07) is 0. The summed E-state index contributed by atoms with van der Waals surface area (Å²) in [5.74, 6) is -4.09. The first-order chi connectivity index (χ1) is 12.5. The normalized spacial score (nSPS) is 12.4. The lowest BCUT2D eigenvalue weighted by molar-refractivity contribution is 0.203. The van der Waals surface area contributed by atoms with Gasteiger partial charge < -0.3 is 4.74 Å². The van der Waals surface area contributed by atoms with Crippen molar-refractivity contribution in [1.82, 2.24) is 0 Å². The van der Waals surface area contributed by atoms with Gasteiger partial charge in [-0.05, 0) is 30.6 Å². The molecule has 0 amide bonds. The lowest BCUT2D eigenvalue weighted by Gasteiger charge is -2.10. The molecule has 0 unspecified atom stereocenters. The number of ether oxygens (including phenoxy) is 1. The van der Waals surface area contributed by atoms with Crippen molar-refractivity contribution in [2.45, 2.75) is 26.7 Å². The number of hydrogen-bond acceptors (Lipinski definition) is 1. The minimum atomic E-state index is -1.38. The molecule has 4 heteroatoms. The minimum absolute atomic E-state index is 0.206. The van der Waals surface area contributed by atoms with E-state index in [9.17, 15) is 13.2 Å². The monoisotopic (exact) mass is 376 g/mol. The van der Waals surface area contributed by atoms with Gasteiger partial charge in [-0.1, -0.05) is 70.5 Å². The largest absolute Gasteiger partial charge is 0.491 e. The molecule has 0 aromatic carbocycles. The first kappa shape index (κ1) is 24.2. The van der Waals surface area contributed by atoms with Crippen molar-refractivity contribution in [3.63, 3.8) is 0 Å². The molecule has 0 atom stereocenters. The summed E-state index contributed by atoms with van der Waals surface area (Å²) in [5.41, 5.74) is 0.511. The number of unbranched alkanes of at least 4 members (excludes halogenated alkanes) is 1. The molecular weight excluding hydrogens is 349 g/mol. The molecule has 0 rings (SSSR count). The van der Waals surface area contributed by atoms with Crippen LogP contribution in [0, 0.1) is 0 Å². The zero-order chi connectivity index (χ0) is 21.1. The maximum absolute atomic E-state index is 14.3. The van der Waals surface area contributed by atoms with Crippen molar-refractivity contribution in [2.75, 3.05) is 6.61 Å². The maximum Gasteiger partial charge on any atom is 0.200 e. The fourth-order valence-electron chi connectivity index (χ4n) is 1.62. The Labute approximate surface area is 160 Å². The molecule has 27 heavy (non-hydrogen) atoms. The quantitative estimate of drug-likeness (QED) is 0.193. The van der Waals surface area contributed by atoms with E-state index in [1.54, 1.807) is 19.1 Å². The number of allylic oxidation sites excluding steroid dienone is 11. The number of hydrogen-bond donors (Lipinski definition) is 0. The zero-order valence-electron chi connectivity index (χ0n) is 16.1. The molecule has 0 radical (unpaired) electrons. The van der Waals surface area contributed by atoms with Crippen LogP contribution in [0.1, 0.15) is 26.7 Å². The fraction of sp³-hybridized carbons (Fsp3) is 0.217. The first-order valence-corrected chi connectivity index (χ1v) is 8.38. The van der Waals surface area contributed by atoms with Crippen LogP contribution < -0.4 is 0 Å². The average molecular weight is 376 g/mol. The van der Waals surface area contributed by atoms with Gasteiger partial charge >= 0.3 is 0 Å². The van der Waals surface area contributed by atoms with E-state index in [-0.39, 0.29) is 12.2 Å². The van der Waals surface area contributed by atoms with Crippen LogP contribution in [-0.2, 0) is 4.74 Å². The van der Waals surface area contributed by atoms with Crippen LogP contribution in [0.25, 0.3) is 0 Å². The smallest absolute Gasteiger partial charge is 0.200 e. The van der Waals surface area contributed by atoms with Crippen molar-refractivity contribution in [3.05, 3.63) is 109 Å². The molecule has 1 nitrogen and oxygen atoms in total. The molecule has 0 aromatic heterocycles. The molecule has 0 N–H and O–H groups in total. The number of halogens is 3. The molecular formula is C23H27F3O. The Morgan fingerprint density at radius 3 is 1.96 bits per heavy atom. The summed E-state index contributed by atoms with van der Waals surface area (Å²) in [4.78, 5) is 0. The summed E-state index contributed by atoms with van der Waals surface area (Å²) in [6.07, 6.45) is 5.83. The highest BCUT2D eigenvalue weighted by Crippen LogP contribution is 2.31. The van der Waals surface area contributed by atoms with Crippen molar-refractivity contribution in [3.8, 4) is 0 Å². The predicted octanol–water partition coefficient (Wildman–Crippen LogP) is 7.68. The van der Waals surface area contributed by atoms with Crippen LogP contribution in [0.15, 0.2) is 109 Å². The second-order valence-electron chi connectivity index (χ2n) is 5.93. The molecule has 0 aromatic rings. The molecule has 0 aliphatic rings. The van der Waals surface area contributed by atoms with E-state index in [1.165, 1.54) is 0 Å². The van der Waals surface area contributed by atoms with Crippen LogP contribution in [0.3, 0.4) is 0 Å². The Bertz CT molecular complexity index is 746. The Hall–Kier alpha value is -2.75. The van der Waals surface area contributed by atoms with E-state index >= 15 is 0 Å². The van der Waals surface area contributed by atoms with Crippen molar-refractivity contribution < 1.29 is 17.9 Å². The standard InChI is InChI=1S/C23H27F3O/c1-9-10-13-27-20(8)23(26)22(25)19(7)18(6)21(24)14-17(5)16(4)12-11-15(2)3/h11-12,14H,2,4-10,13H2,1,3H3/b12-11-,21-14+,23-22-. The van der Waals surface area contributed by atoms with E-state index in [2.05, 4.69) is 39.5 Å². The van der Waals surface area contributed by atoms with E-state index in [1.807, 2.05) is 6.92 Å². The summed E-state index contributed by atoms with van der Waals surface area (Å²) in [5, 5.41) is 0. The highest BCUT2D eigenvalue weighted by atomic mass is 19.2. The molecule has 0 saturated heterocycles. The van der Waals surface area contributed by atoms with Gasteiger partial charge in [0.05, 0.1) is 6.61 Å². The molecule has 0 fully saturated rings. The van der Waals surface area contributed by atoms with E-state index < -0.39 is 34.4 Å². The third kappa shape index (κ3) is 8.45. The van der Waals surface area contributed by atoms with Gasteiger partial charge in [-0.25, -0.2) is 8.78 Å². The second kappa shape index (κ2) is 11.8. The topological polar surface area (TPSA) is 9.23 Å². The zero-order valence-corrected chi connectivity index (χ0v) is 16.1. The van der Waals surface area contributed by atoms with Crippen LogP contribution in [0.2, 0.25) is 0 Å². The van der Waals surface area contributed by atoms with Gasteiger partial charge in [0, 0.05) is 11.1 Å². The predicted molar refractivity (Wildman–Crippen MR) is 109 cm³/mol. The Morgan fingerprint density at radius 2 is 1.44 bits per heavy atom. The highest BCUT2D eigenvalue weighted by Gasteiger charge is 2.18. The maximum atomic E-state index is 14.3. The van der Waals surface area contributed by atoms with Crippen LogP contribution in [0.4, 0.5) is 13.2 Å². The van der Waals surface area contributed by atoms with Crippen molar-refractivity contribution in [1.29, 1.82) is 0 Å². The third-order valence-corrected chi connectivity index (χ3v) is 3.41. The van der Waals surface area contributed by atoms with Crippen LogP contribution >= 0.6 is 0 Å². The number of rotatable bonds is 12. The second-order valence-corrected chi connectivity index (χ2v) is 5.93. The molecule has 0 saturated carbocycles. The van der Waals surface area contributed by atoms with Crippen molar-refractivity contribution >= 4 is 0 Å². The SMILES string of the molecule is C=C(C)/C=C\C(=C)C(=C)/C=C(/F)C(=C)C(=C)/C(F)=C(/F)C(=C)OCCCC. The van der Waals surface area contributed by atoms with Crippen molar-refractivity contribution in [2.24, 2.45) is 0 Å². The van der Waals surface area contributed by atoms with Gasteiger partial charge in [0.25, 0.3) is 0 Å². The Kier molecular flexibility index (Phi) is 10.6. The Morgan fingerprint density at radius 1 is 0.852 bits per heavy atom. The molecule has 0 bridgehead atoms. The van der Waals surface area contributed by atoms with Gasteiger partial charge in [-0.3, -0.25) is 0 Å². The molecule has 146 valence electrons. The summed E-state index contributed by atoms with van der Waals surface area (Å²) < 4.78 is 47.6. The highest BCUT2D eigenvalue weighted by molar-refractivity contribution is 5.54. The Balaban J connectivity index is 5.24. The van der Waals surface area contributed by atoms with Crippen LogP contribution in [-0.4, -0.2) is 6.61 Å². The molecule has 0 aliphatic heterocycles. The van der Waals surface area contributed by atoms with Gasteiger partial charge in [0.15, 0.2) is 11.6 Å². The van der Waals surface area contributed by atoms with Gasteiger partial charge in [0.1, 0.15) is 5.83 Å². The fourth-order valence-corrected chi connectivity index (χ4v) is 1.62.